The molecule has 1 amide bonds. The van der Waals surface area contributed by atoms with E-state index in [1.807, 2.05) is 5.32 Å². The Morgan fingerprint density at radius 1 is 1.36 bits per heavy atom. The van der Waals surface area contributed by atoms with Crippen molar-refractivity contribution < 1.29 is 23.3 Å². The molecule has 13 heteroatoms. The summed E-state index contributed by atoms with van der Waals surface area (Å²) in [6.45, 7) is 0. The van der Waals surface area contributed by atoms with E-state index in [0.29, 0.717) is 0 Å². The number of nitrogens with zero attached hydrogens (tertiary/aromatic N) is 3. The average molecular weight is 346 g/mol. The van der Waals surface area contributed by atoms with E-state index in [1.165, 1.54) is 6.07 Å². The van der Waals surface area contributed by atoms with Crippen molar-refractivity contribution in [1.29, 1.82) is 0 Å². The smallest absolute Gasteiger partial charge is 0.426 e. The van der Waals surface area contributed by atoms with Crippen LogP contribution < -0.4 is 5.32 Å². The second-order valence-corrected chi connectivity index (χ2v) is 6.35. The molecular weight excluding hydrogens is 336 g/mol. The van der Waals surface area contributed by atoms with E-state index >= 15 is 0 Å². The Bertz CT molecular complexity index is 782. The van der Waals surface area contributed by atoms with Gasteiger partial charge in [-0.05, 0) is 23.4 Å². The summed E-state index contributed by atoms with van der Waals surface area (Å²) in [4.78, 5) is 11.3. The van der Waals surface area contributed by atoms with Crippen molar-refractivity contribution in [2.45, 2.75) is 4.90 Å². The number of tetrazole rings is 1. The molecule has 0 unspecified atom stereocenters. The molecule has 1 aromatic carbocycles. The Kier molecular flexibility index (Phi) is 4.76. The molecule has 1 heterocycles. The van der Waals surface area contributed by atoms with Gasteiger partial charge in [-0.15, -0.1) is 10.2 Å². The molecule has 4 N–H and O–H groups in total. The van der Waals surface area contributed by atoms with E-state index in [-0.39, 0.29) is 21.3 Å². The maximum atomic E-state index is 12.1. The second kappa shape index (κ2) is 6.40. The van der Waals surface area contributed by atoms with Crippen LogP contribution in [0.1, 0.15) is 0 Å². The summed E-state index contributed by atoms with van der Waals surface area (Å²) in [5, 5.41) is 30.8. The topological polar surface area (TPSA) is 158 Å². The number of carbonyl (C=O) groups excluding carboxylic acids is 1. The van der Waals surface area contributed by atoms with Crippen molar-refractivity contribution in [2.24, 2.45) is 0 Å². The third-order valence-corrected chi connectivity index (χ3v) is 4.17. The van der Waals surface area contributed by atoms with Crippen LogP contribution in [0, 0.1) is 0 Å². The molecule has 1 aromatic heterocycles. The number of nitrogens with one attached hydrogen (secondary N) is 2. The molecule has 0 radical (unpaired) electrons. The molecule has 116 valence electrons. The van der Waals surface area contributed by atoms with Crippen LogP contribution >= 0.6 is 11.6 Å². The number of benzene rings is 1. The van der Waals surface area contributed by atoms with E-state index in [2.05, 4.69) is 20.6 Å². The highest BCUT2D eigenvalue weighted by Gasteiger charge is 2.27. The first-order valence-electron chi connectivity index (χ1n) is 5.74. The van der Waals surface area contributed by atoms with Gasteiger partial charge in [0.1, 0.15) is 0 Å². The molecule has 0 aliphatic heterocycles. The van der Waals surface area contributed by atoms with Crippen LogP contribution in [0.5, 0.6) is 0 Å². The molecule has 10 nitrogen and oxygen atoms in total. The Labute approximate surface area is 129 Å². The van der Waals surface area contributed by atoms with Gasteiger partial charge in [0.25, 0.3) is 9.84 Å². The number of carbonyl (C=O) groups is 1. The molecule has 2 rings (SSSR count). The Hall–Kier alpha value is -2.02. The summed E-state index contributed by atoms with van der Waals surface area (Å²) >= 11 is 5.84. The minimum absolute atomic E-state index is 0.0517. The molecule has 0 saturated heterocycles. The van der Waals surface area contributed by atoms with Crippen molar-refractivity contribution in [3.8, 4) is 11.4 Å². The number of amides is 1. The lowest BCUT2D eigenvalue weighted by Crippen LogP contribution is -2.37. The van der Waals surface area contributed by atoms with Crippen LogP contribution in [-0.2, 0) is 9.84 Å². The van der Waals surface area contributed by atoms with Gasteiger partial charge in [0, 0.05) is 10.6 Å². The zero-order valence-electron chi connectivity index (χ0n) is 10.8. The molecule has 0 spiro atoms. The van der Waals surface area contributed by atoms with Crippen LogP contribution in [0.25, 0.3) is 11.4 Å². The first kappa shape index (κ1) is 16.4. The Balaban J connectivity index is 2.37. The van der Waals surface area contributed by atoms with E-state index in [0.717, 1.165) is 12.1 Å². The van der Waals surface area contributed by atoms with Gasteiger partial charge in [-0.25, -0.2) is 8.42 Å². The molecule has 0 aliphatic rings. The monoisotopic (exact) mass is 345 g/mol. The molecule has 2 aromatic rings. The molecule has 0 aliphatic carbocycles. The normalized spacial score (nSPS) is 11.2. The fourth-order valence-electron chi connectivity index (χ4n) is 1.51. The highest BCUT2D eigenvalue weighted by Crippen LogP contribution is 2.25. The quantitative estimate of drug-likeness (QED) is 0.514. The van der Waals surface area contributed by atoms with Gasteiger partial charge in [-0.1, -0.05) is 11.6 Å². The predicted octanol–water partition coefficient (Wildman–Crippen LogP) is -0.985. The molecule has 0 saturated carbocycles. The van der Waals surface area contributed by atoms with E-state index in [1.54, 1.807) is 0 Å². The molecule has 22 heavy (non-hydrogen) atoms. The minimum atomic E-state index is -4.41. The Morgan fingerprint density at radius 3 is 2.68 bits per heavy atom. The second-order valence-electron chi connectivity index (χ2n) is 4.06. The number of sulfone groups is 1. The summed E-state index contributed by atoms with van der Waals surface area (Å²) in [7, 11) is -6.28. The zero-order valence-corrected chi connectivity index (χ0v) is 12.3. The van der Waals surface area contributed by atoms with Gasteiger partial charge in [0.05, 0.1) is 11.3 Å². The zero-order chi connectivity index (χ0) is 16.3. The van der Waals surface area contributed by atoms with E-state index in [4.69, 9.17) is 21.6 Å². The van der Waals surface area contributed by atoms with Crippen molar-refractivity contribution in [2.75, 3.05) is 6.44 Å². The van der Waals surface area contributed by atoms with Gasteiger partial charge < -0.3 is 15.4 Å². The molecule has 0 atom stereocenters. The summed E-state index contributed by atoms with van der Waals surface area (Å²) in [6.07, 6.45) is -0.629. The van der Waals surface area contributed by atoms with Crippen molar-refractivity contribution in [3.05, 3.63) is 23.2 Å². The van der Waals surface area contributed by atoms with Crippen LogP contribution in [-0.4, -0.2) is 57.9 Å². The summed E-state index contributed by atoms with van der Waals surface area (Å²) < 4.78 is 24.2. The number of aromatic nitrogens is 4. The van der Waals surface area contributed by atoms with Crippen molar-refractivity contribution in [3.63, 3.8) is 0 Å². The molecular formula is C9H9BClN5O5S. The first-order valence-corrected chi connectivity index (χ1v) is 7.60. The summed E-state index contributed by atoms with van der Waals surface area (Å²) in [6, 6.07) is 3.64. The number of rotatable bonds is 4. The van der Waals surface area contributed by atoms with E-state index < -0.39 is 28.6 Å². The van der Waals surface area contributed by atoms with Crippen LogP contribution in [0.15, 0.2) is 23.1 Å². The van der Waals surface area contributed by atoms with Crippen LogP contribution in [0.2, 0.25) is 5.02 Å². The van der Waals surface area contributed by atoms with Crippen molar-refractivity contribution >= 4 is 33.8 Å². The lowest BCUT2D eigenvalue weighted by Gasteiger charge is -2.07. The third kappa shape index (κ3) is 3.60. The highest BCUT2D eigenvalue weighted by molar-refractivity contribution is 8.06. The van der Waals surface area contributed by atoms with Crippen molar-refractivity contribution in [1.82, 2.24) is 25.9 Å². The summed E-state index contributed by atoms with van der Waals surface area (Å²) in [5.74, 6) is 0.102. The number of aromatic amines is 1. The average Bonchev–Trinajstić information content (AvgIpc) is 2.98. The van der Waals surface area contributed by atoms with Gasteiger partial charge in [0.2, 0.25) is 5.82 Å². The lowest BCUT2D eigenvalue weighted by molar-refractivity contribution is 0.258. The highest BCUT2D eigenvalue weighted by atomic mass is 35.5. The lowest BCUT2D eigenvalue weighted by atomic mass is 9.93. The number of hydrogen-bond donors (Lipinski definition) is 4. The standard InChI is InChI=1S/C9H9BClN5O5S/c11-6-1-5(8-13-15-16-14-8)2-7(3-6)22(20,21)9(17)12-4-10(18)19/h1-3,18-19H,4H2,(H,12,17)(H,13,14,15,16). The van der Waals surface area contributed by atoms with Crippen LogP contribution in [0.4, 0.5) is 4.79 Å². The van der Waals surface area contributed by atoms with Gasteiger partial charge in [-0.2, -0.15) is 5.21 Å². The Morgan fingerprint density at radius 2 is 2.09 bits per heavy atom. The SMILES string of the molecule is O=C(NCB(O)O)S(=O)(=O)c1cc(Cl)cc(-c2nn[nH]n2)c1. The maximum absolute atomic E-state index is 12.1. The first-order chi connectivity index (χ1) is 10.3. The number of halogens is 1. The molecule has 0 fully saturated rings. The van der Waals surface area contributed by atoms with E-state index in [9.17, 15) is 13.2 Å². The minimum Gasteiger partial charge on any atom is -0.426 e. The van der Waals surface area contributed by atoms with Gasteiger partial charge in [0.15, 0.2) is 0 Å². The van der Waals surface area contributed by atoms with Gasteiger partial charge in [-0.3, -0.25) is 4.79 Å². The fourth-order valence-corrected chi connectivity index (χ4v) is 2.86. The van der Waals surface area contributed by atoms with Gasteiger partial charge >= 0.3 is 12.4 Å². The number of H-pyrrole nitrogens is 1. The fraction of sp³-hybridized carbons (Fsp3) is 0.111. The largest absolute Gasteiger partial charge is 0.472 e. The van der Waals surface area contributed by atoms with Crippen LogP contribution in [0.3, 0.4) is 0 Å². The molecule has 0 bridgehead atoms. The maximum Gasteiger partial charge on any atom is 0.472 e. The number of hydrogen-bond acceptors (Lipinski definition) is 8. The predicted molar refractivity (Wildman–Crippen MR) is 75.4 cm³/mol. The third-order valence-electron chi connectivity index (χ3n) is 2.46. The summed E-state index contributed by atoms with van der Waals surface area (Å²) in [5.41, 5.74) is 0.245.